The normalized spacial score (nSPS) is 19.6. The molecule has 1 aliphatic heterocycles. The molecule has 16 heavy (non-hydrogen) atoms. The minimum Gasteiger partial charge on any atom is -0.394 e. The molecule has 0 unspecified atom stereocenters. The first-order valence-electron chi connectivity index (χ1n) is 5.49. The lowest BCUT2D eigenvalue weighted by Crippen LogP contribution is -2.40. The van der Waals surface area contributed by atoms with Crippen molar-refractivity contribution in [2.75, 3.05) is 32.9 Å². The number of aliphatic hydroxyl groups excluding tert-OH is 1. The molecular weight excluding hydrogens is 226 g/mol. The number of ether oxygens (including phenoxy) is 1. The van der Waals surface area contributed by atoms with Crippen LogP contribution in [0.2, 0.25) is 5.02 Å². The number of nitrogens with zero attached hydrogens (tertiary/aromatic N) is 1. The molecule has 4 heteroatoms. The molecule has 1 N–H and O–H groups in total. The van der Waals surface area contributed by atoms with Crippen LogP contribution in [0.4, 0.5) is 0 Å². The lowest BCUT2D eigenvalue weighted by atomic mass is 10.1. The van der Waals surface area contributed by atoms with E-state index in [0.717, 1.165) is 31.9 Å². The van der Waals surface area contributed by atoms with Crippen LogP contribution in [0.5, 0.6) is 0 Å². The van der Waals surface area contributed by atoms with Gasteiger partial charge in [-0.3, -0.25) is 4.90 Å². The third kappa shape index (κ3) is 2.74. The molecule has 1 atom stereocenters. The van der Waals surface area contributed by atoms with Gasteiger partial charge in [-0.15, -0.1) is 0 Å². The number of benzene rings is 1. The summed E-state index contributed by atoms with van der Waals surface area (Å²) in [6.45, 7) is 3.30. The molecule has 0 saturated carbocycles. The van der Waals surface area contributed by atoms with Gasteiger partial charge in [0.15, 0.2) is 0 Å². The minimum atomic E-state index is 0.0302. The molecule has 1 aromatic carbocycles. The monoisotopic (exact) mass is 241 g/mol. The smallest absolute Gasteiger partial charge is 0.0628 e. The summed E-state index contributed by atoms with van der Waals surface area (Å²) in [7, 11) is 0. The van der Waals surface area contributed by atoms with Crippen molar-refractivity contribution < 1.29 is 9.84 Å². The van der Waals surface area contributed by atoms with E-state index in [2.05, 4.69) is 4.90 Å². The van der Waals surface area contributed by atoms with Gasteiger partial charge in [0.1, 0.15) is 0 Å². The molecule has 2 rings (SSSR count). The predicted molar refractivity (Wildman–Crippen MR) is 63.7 cm³/mol. The Balaban J connectivity index is 2.14. The van der Waals surface area contributed by atoms with E-state index in [-0.39, 0.29) is 12.6 Å². The van der Waals surface area contributed by atoms with Crippen molar-refractivity contribution in [3.8, 4) is 0 Å². The van der Waals surface area contributed by atoms with E-state index in [1.165, 1.54) is 0 Å². The molecule has 0 aromatic heterocycles. The molecule has 0 bridgehead atoms. The van der Waals surface area contributed by atoms with Gasteiger partial charge < -0.3 is 9.84 Å². The van der Waals surface area contributed by atoms with Gasteiger partial charge in [0.2, 0.25) is 0 Å². The molecule has 0 radical (unpaired) electrons. The second-order valence-corrected chi connectivity index (χ2v) is 4.34. The molecule has 0 amide bonds. The summed E-state index contributed by atoms with van der Waals surface area (Å²) >= 11 is 5.96. The molecule has 1 aliphatic rings. The van der Waals surface area contributed by atoms with E-state index in [1.54, 1.807) is 0 Å². The van der Waals surface area contributed by atoms with E-state index in [9.17, 15) is 5.11 Å². The SMILES string of the molecule is OC[C@H](c1cccc(Cl)c1)N1CCOCC1. The minimum absolute atomic E-state index is 0.0302. The summed E-state index contributed by atoms with van der Waals surface area (Å²) in [5.74, 6) is 0. The van der Waals surface area contributed by atoms with Crippen molar-refractivity contribution >= 4 is 11.6 Å². The highest BCUT2D eigenvalue weighted by molar-refractivity contribution is 6.30. The summed E-state index contributed by atoms with van der Waals surface area (Å²) in [5, 5.41) is 10.2. The first-order chi connectivity index (χ1) is 7.81. The maximum absolute atomic E-state index is 9.50. The molecule has 1 saturated heterocycles. The fourth-order valence-electron chi connectivity index (χ4n) is 2.03. The Morgan fingerprint density at radius 3 is 2.75 bits per heavy atom. The number of halogens is 1. The highest BCUT2D eigenvalue weighted by Crippen LogP contribution is 2.23. The highest BCUT2D eigenvalue weighted by Gasteiger charge is 2.21. The van der Waals surface area contributed by atoms with Crippen molar-refractivity contribution in [3.05, 3.63) is 34.9 Å². The van der Waals surface area contributed by atoms with Gasteiger partial charge in [-0.05, 0) is 17.7 Å². The zero-order valence-corrected chi connectivity index (χ0v) is 9.86. The van der Waals surface area contributed by atoms with Gasteiger partial charge in [-0.2, -0.15) is 0 Å². The van der Waals surface area contributed by atoms with Crippen molar-refractivity contribution in [1.29, 1.82) is 0 Å². The van der Waals surface area contributed by atoms with E-state index in [1.807, 2.05) is 24.3 Å². The summed E-state index contributed by atoms with van der Waals surface area (Å²) in [5.41, 5.74) is 1.07. The average Bonchev–Trinajstić information content (AvgIpc) is 2.31. The van der Waals surface area contributed by atoms with Crippen LogP contribution in [-0.2, 0) is 4.74 Å². The Bertz CT molecular complexity index is 340. The average molecular weight is 242 g/mol. The summed E-state index contributed by atoms with van der Waals surface area (Å²) in [6, 6.07) is 7.71. The predicted octanol–water partition coefficient (Wildman–Crippen LogP) is 1.71. The van der Waals surface area contributed by atoms with E-state index in [4.69, 9.17) is 16.3 Å². The summed E-state index contributed by atoms with van der Waals surface area (Å²) in [6.07, 6.45) is 0. The fourth-order valence-corrected chi connectivity index (χ4v) is 2.23. The first kappa shape index (κ1) is 11.9. The molecule has 88 valence electrons. The fraction of sp³-hybridized carbons (Fsp3) is 0.500. The number of morpholine rings is 1. The van der Waals surface area contributed by atoms with Crippen LogP contribution in [0.25, 0.3) is 0 Å². The molecule has 3 nitrogen and oxygen atoms in total. The van der Waals surface area contributed by atoms with E-state index in [0.29, 0.717) is 5.02 Å². The Morgan fingerprint density at radius 1 is 1.38 bits per heavy atom. The van der Waals surface area contributed by atoms with Crippen LogP contribution < -0.4 is 0 Å². The zero-order chi connectivity index (χ0) is 11.4. The molecule has 1 heterocycles. The Hall–Kier alpha value is -0.610. The third-order valence-electron chi connectivity index (χ3n) is 2.89. The maximum atomic E-state index is 9.50. The lowest BCUT2D eigenvalue weighted by molar-refractivity contribution is 0.00260. The van der Waals surface area contributed by atoms with Crippen LogP contribution in [0, 0.1) is 0 Å². The molecule has 1 fully saturated rings. The van der Waals surface area contributed by atoms with Gasteiger partial charge >= 0.3 is 0 Å². The van der Waals surface area contributed by atoms with Gasteiger partial charge in [-0.25, -0.2) is 0 Å². The Morgan fingerprint density at radius 2 is 2.12 bits per heavy atom. The number of rotatable bonds is 3. The van der Waals surface area contributed by atoms with Gasteiger partial charge in [0.25, 0.3) is 0 Å². The number of aliphatic hydroxyl groups is 1. The molecule has 1 aromatic rings. The van der Waals surface area contributed by atoms with Crippen LogP contribution in [0.15, 0.2) is 24.3 Å². The summed E-state index contributed by atoms with van der Waals surface area (Å²) in [4.78, 5) is 2.23. The molecule has 0 aliphatic carbocycles. The van der Waals surface area contributed by atoms with E-state index < -0.39 is 0 Å². The molecular formula is C12H16ClNO2. The zero-order valence-electron chi connectivity index (χ0n) is 9.10. The third-order valence-corrected chi connectivity index (χ3v) is 3.13. The Labute approximate surface area is 101 Å². The lowest BCUT2D eigenvalue weighted by Gasteiger charge is -2.33. The van der Waals surface area contributed by atoms with Crippen LogP contribution >= 0.6 is 11.6 Å². The van der Waals surface area contributed by atoms with Crippen LogP contribution in [-0.4, -0.2) is 42.9 Å². The summed E-state index contributed by atoms with van der Waals surface area (Å²) < 4.78 is 5.30. The quantitative estimate of drug-likeness (QED) is 0.875. The van der Waals surface area contributed by atoms with Crippen LogP contribution in [0.1, 0.15) is 11.6 Å². The van der Waals surface area contributed by atoms with Gasteiger partial charge in [-0.1, -0.05) is 23.7 Å². The van der Waals surface area contributed by atoms with E-state index >= 15 is 0 Å². The second kappa shape index (κ2) is 5.64. The highest BCUT2D eigenvalue weighted by atomic mass is 35.5. The number of hydrogen-bond donors (Lipinski definition) is 1. The second-order valence-electron chi connectivity index (χ2n) is 3.90. The van der Waals surface area contributed by atoms with Crippen molar-refractivity contribution in [1.82, 2.24) is 4.90 Å². The topological polar surface area (TPSA) is 32.7 Å². The van der Waals surface area contributed by atoms with Crippen molar-refractivity contribution in [2.24, 2.45) is 0 Å². The largest absolute Gasteiger partial charge is 0.394 e. The van der Waals surface area contributed by atoms with Crippen LogP contribution in [0.3, 0.4) is 0 Å². The van der Waals surface area contributed by atoms with Gasteiger partial charge in [0.05, 0.1) is 25.9 Å². The van der Waals surface area contributed by atoms with Crippen molar-refractivity contribution in [3.63, 3.8) is 0 Å². The van der Waals surface area contributed by atoms with Gasteiger partial charge in [0, 0.05) is 18.1 Å². The maximum Gasteiger partial charge on any atom is 0.0628 e. The Kier molecular flexibility index (Phi) is 4.18. The standard InChI is InChI=1S/C12H16ClNO2/c13-11-3-1-2-10(8-11)12(9-15)14-4-6-16-7-5-14/h1-3,8,12,15H,4-7,9H2/t12-/m1/s1. The first-order valence-corrected chi connectivity index (χ1v) is 5.87. The number of hydrogen-bond acceptors (Lipinski definition) is 3. The van der Waals surface area contributed by atoms with Crippen molar-refractivity contribution in [2.45, 2.75) is 6.04 Å². The molecule has 0 spiro atoms.